The topological polar surface area (TPSA) is 99.4 Å². The Balaban J connectivity index is 1.40. The fourth-order valence-corrected chi connectivity index (χ4v) is 3.83. The molecule has 1 amide bonds. The second-order valence-electron chi connectivity index (χ2n) is 7.00. The Morgan fingerprint density at radius 1 is 1.03 bits per heavy atom. The van der Waals surface area contributed by atoms with Gasteiger partial charge < -0.3 is 15.5 Å². The van der Waals surface area contributed by atoms with Crippen molar-refractivity contribution in [1.29, 1.82) is 0 Å². The lowest BCUT2D eigenvalue weighted by Crippen LogP contribution is -2.47. The summed E-state index contributed by atoms with van der Waals surface area (Å²) in [6.07, 6.45) is 1.43. The molecule has 0 atom stereocenters. The van der Waals surface area contributed by atoms with Crippen molar-refractivity contribution >= 4 is 56.4 Å². The molecule has 0 radical (unpaired) electrons. The Hall–Kier alpha value is -3.04. The predicted octanol–water partition coefficient (Wildman–Crippen LogP) is 3.56. The maximum atomic E-state index is 12.3. The van der Waals surface area contributed by atoms with Gasteiger partial charge in [-0.05, 0) is 42.5 Å². The average Bonchev–Trinajstić information content (AvgIpc) is 2.79. The second kappa shape index (κ2) is 9.40. The van der Waals surface area contributed by atoms with Crippen molar-refractivity contribution in [3.05, 3.63) is 69.9 Å². The van der Waals surface area contributed by atoms with Gasteiger partial charge in [0.2, 0.25) is 0 Å². The molecule has 0 aliphatic carbocycles. The number of hydrogen-bond acceptors (Lipinski definition) is 7. The number of hydrazine groups is 1. The van der Waals surface area contributed by atoms with Gasteiger partial charge in [-0.1, -0.05) is 33.6 Å². The average molecular weight is 503 g/mol. The Labute approximate surface area is 193 Å². The molecule has 10 heteroatoms. The molecule has 8 nitrogen and oxygen atoms in total. The van der Waals surface area contributed by atoms with Crippen LogP contribution in [0, 0.1) is 0 Å². The van der Waals surface area contributed by atoms with E-state index in [2.05, 4.69) is 52.6 Å². The van der Waals surface area contributed by atoms with E-state index >= 15 is 0 Å². The van der Waals surface area contributed by atoms with Crippen LogP contribution in [-0.2, 0) is 0 Å². The maximum absolute atomic E-state index is 12.3. The molecule has 0 bridgehead atoms. The van der Waals surface area contributed by atoms with Crippen LogP contribution in [0.15, 0.2) is 59.3 Å². The summed E-state index contributed by atoms with van der Waals surface area (Å²) >= 11 is 9.47. The Morgan fingerprint density at radius 2 is 1.74 bits per heavy atom. The minimum absolute atomic E-state index is 0.290. The first kappa shape index (κ1) is 21.2. The first-order valence-corrected chi connectivity index (χ1v) is 10.9. The second-order valence-corrected chi connectivity index (χ2v) is 8.35. The van der Waals surface area contributed by atoms with Crippen LogP contribution < -0.4 is 26.4 Å². The predicted molar refractivity (Wildman–Crippen MR) is 128 cm³/mol. The highest BCUT2D eigenvalue weighted by molar-refractivity contribution is 9.10. The van der Waals surface area contributed by atoms with Crippen molar-refractivity contribution in [3.8, 4) is 0 Å². The molecule has 0 spiro atoms. The molecule has 0 unspecified atom stereocenters. The highest BCUT2D eigenvalue weighted by atomic mass is 79.9. The van der Waals surface area contributed by atoms with E-state index in [1.807, 2.05) is 18.2 Å². The summed E-state index contributed by atoms with van der Waals surface area (Å²) in [5, 5.41) is 0.723. The van der Waals surface area contributed by atoms with Crippen molar-refractivity contribution in [2.45, 2.75) is 0 Å². The van der Waals surface area contributed by atoms with Gasteiger partial charge in [-0.15, -0.1) is 0 Å². The Kier molecular flexibility index (Phi) is 6.43. The molecule has 1 aliphatic rings. The van der Waals surface area contributed by atoms with E-state index in [1.54, 1.807) is 24.3 Å². The standard InChI is InChI=1S/C21H21BrClN7O/c22-15-6-4-14(5-7-15)21(31)28-27-19-18(24)20(26-13-25-19)30-10-8-29(9-11-30)17-3-1-2-16(23)12-17/h1-7,12-13H,8-11,24H2,(H,28,31)(H,25,26,27). The summed E-state index contributed by atoms with van der Waals surface area (Å²) in [5.74, 6) is 0.705. The van der Waals surface area contributed by atoms with Crippen LogP contribution in [0.4, 0.5) is 23.0 Å². The zero-order valence-electron chi connectivity index (χ0n) is 16.6. The smallest absolute Gasteiger partial charge is 0.269 e. The number of rotatable bonds is 5. The molecule has 2 heterocycles. The van der Waals surface area contributed by atoms with Crippen LogP contribution in [0.5, 0.6) is 0 Å². The normalized spacial score (nSPS) is 13.7. The SMILES string of the molecule is Nc1c(NNC(=O)c2ccc(Br)cc2)ncnc1N1CCN(c2cccc(Cl)c2)CC1. The summed E-state index contributed by atoms with van der Waals surface area (Å²) in [6.45, 7) is 3.12. The van der Waals surface area contributed by atoms with Gasteiger partial charge in [0.1, 0.15) is 12.0 Å². The third-order valence-electron chi connectivity index (χ3n) is 5.02. The van der Waals surface area contributed by atoms with Crippen LogP contribution in [0.2, 0.25) is 5.02 Å². The van der Waals surface area contributed by atoms with Crippen LogP contribution in [0.25, 0.3) is 0 Å². The zero-order chi connectivity index (χ0) is 21.8. The van der Waals surface area contributed by atoms with Crippen molar-refractivity contribution in [2.75, 3.05) is 47.1 Å². The lowest BCUT2D eigenvalue weighted by Gasteiger charge is -2.37. The van der Waals surface area contributed by atoms with E-state index in [1.165, 1.54) is 6.33 Å². The van der Waals surface area contributed by atoms with Gasteiger partial charge >= 0.3 is 0 Å². The minimum atomic E-state index is -0.290. The molecular formula is C21H21BrClN7O. The third-order valence-corrected chi connectivity index (χ3v) is 5.78. The van der Waals surface area contributed by atoms with Crippen LogP contribution in [0.3, 0.4) is 0 Å². The molecule has 1 aliphatic heterocycles. The van der Waals surface area contributed by atoms with Crippen LogP contribution >= 0.6 is 27.5 Å². The van der Waals surface area contributed by atoms with Crippen molar-refractivity contribution in [3.63, 3.8) is 0 Å². The number of nitrogens with one attached hydrogen (secondary N) is 2. The van der Waals surface area contributed by atoms with E-state index in [0.717, 1.165) is 41.4 Å². The van der Waals surface area contributed by atoms with Crippen molar-refractivity contribution in [2.24, 2.45) is 0 Å². The molecule has 4 N–H and O–H groups in total. The molecule has 4 rings (SSSR count). The fraction of sp³-hybridized carbons (Fsp3) is 0.190. The van der Waals surface area contributed by atoms with E-state index in [4.69, 9.17) is 17.3 Å². The van der Waals surface area contributed by atoms with E-state index in [9.17, 15) is 4.79 Å². The van der Waals surface area contributed by atoms with E-state index < -0.39 is 0 Å². The Morgan fingerprint density at radius 3 is 2.45 bits per heavy atom. The zero-order valence-corrected chi connectivity index (χ0v) is 18.9. The van der Waals surface area contributed by atoms with Crippen LogP contribution in [0.1, 0.15) is 10.4 Å². The summed E-state index contributed by atoms with van der Waals surface area (Å²) in [6, 6.07) is 14.9. The number of nitrogens with zero attached hydrogens (tertiary/aromatic N) is 4. The number of amides is 1. The van der Waals surface area contributed by atoms with Gasteiger partial charge in [0.25, 0.3) is 5.91 Å². The van der Waals surface area contributed by atoms with E-state index in [0.29, 0.717) is 22.9 Å². The molecule has 0 saturated carbocycles. The number of nitrogens with two attached hydrogens (primary N) is 1. The molecule has 1 saturated heterocycles. The number of hydrogen-bond donors (Lipinski definition) is 3. The molecule has 160 valence electrons. The molecule has 31 heavy (non-hydrogen) atoms. The largest absolute Gasteiger partial charge is 0.393 e. The summed E-state index contributed by atoms with van der Waals surface area (Å²) in [5.41, 5.74) is 13.7. The first-order valence-electron chi connectivity index (χ1n) is 9.69. The number of piperazine rings is 1. The molecular weight excluding hydrogens is 482 g/mol. The van der Waals surface area contributed by atoms with Gasteiger partial charge in [0.05, 0.1) is 0 Å². The van der Waals surface area contributed by atoms with Crippen LogP contribution in [-0.4, -0.2) is 42.1 Å². The van der Waals surface area contributed by atoms with Gasteiger partial charge in [-0.3, -0.25) is 15.6 Å². The number of nitrogen functional groups attached to an aromatic ring is 1. The lowest BCUT2D eigenvalue weighted by atomic mass is 10.2. The number of anilines is 4. The number of carbonyl (C=O) groups is 1. The number of halogens is 2. The Bertz CT molecular complexity index is 1070. The summed E-state index contributed by atoms with van der Waals surface area (Å²) < 4.78 is 0.900. The number of carbonyl (C=O) groups excluding carboxylic acids is 1. The van der Waals surface area contributed by atoms with E-state index in [-0.39, 0.29) is 5.91 Å². The van der Waals surface area contributed by atoms with Gasteiger partial charge in [-0.25, -0.2) is 9.97 Å². The first-order chi connectivity index (χ1) is 15.0. The monoisotopic (exact) mass is 501 g/mol. The van der Waals surface area contributed by atoms with Gasteiger partial charge in [0, 0.05) is 46.9 Å². The fourth-order valence-electron chi connectivity index (χ4n) is 3.38. The van der Waals surface area contributed by atoms with Gasteiger partial charge in [0.15, 0.2) is 11.6 Å². The third kappa shape index (κ3) is 5.00. The summed E-state index contributed by atoms with van der Waals surface area (Å²) in [4.78, 5) is 25.2. The number of benzene rings is 2. The molecule has 3 aromatic rings. The highest BCUT2D eigenvalue weighted by Gasteiger charge is 2.22. The minimum Gasteiger partial charge on any atom is -0.393 e. The molecule has 1 aromatic heterocycles. The number of aromatic nitrogens is 2. The van der Waals surface area contributed by atoms with Crippen molar-refractivity contribution < 1.29 is 4.79 Å². The molecule has 1 fully saturated rings. The summed E-state index contributed by atoms with van der Waals surface area (Å²) in [7, 11) is 0. The lowest BCUT2D eigenvalue weighted by molar-refractivity contribution is 0.0962. The van der Waals surface area contributed by atoms with Crippen molar-refractivity contribution in [1.82, 2.24) is 15.4 Å². The quantitative estimate of drug-likeness (QED) is 0.459. The maximum Gasteiger partial charge on any atom is 0.269 e. The molecule has 2 aromatic carbocycles. The highest BCUT2D eigenvalue weighted by Crippen LogP contribution is 2.28. The van der Waals surface area contributed by atoms with Gasteiger partial charge in [-0.2, -0.15) is 0 Å².